The third-order valence-electron chi connectivity index (χ3n) is 2.99. The summed E-state index contributed by atoms with van der Waals surface area (Å²) in [6, 6.07) is 0.745. The van der Waals surface area contributed by atoms with Gasteiger partial charge in [0.1, 0.15) is 5.01 Å². The molecule has 0 unspecified atom stereocenters. The van der Waals surface area contributed by atoms with Crippen molar-refractivity contribution in [3.05, 3.63) is 15.6 Å². The van der Waals surface area contributed by atoms with E-state index >= 15 is 0 Å². The zero-order chi connectivity index (χ0) is 10.1. The van der Waals surface area contributed by atoms with Crippen LogP contribution in [0.1, 0.15) is 35.3 Å². The molecule has 3 heteroatoms. The first-order valence-corrected chi connectivity index (χ1v) is 6.13. The van der Waals surface area contributed by atoms with Crippen LogP contribution >= 0.6 is 11.3 Å². The maximum atomic E-state index is 4.52. The van der Waals surface area contributed by atoms with E-state index in [1.807, 2.05) is 11.3 Å². The quantitative estimate of drug-likeness (QED) is 0.829. The van der Waals surface area contributed by atoms with Gasteiger partial charge in [-0.15, -0.1) is 11.3 Å². The molecule has 1 aliphatic carbocycles. The van der Waals surface area contributed by atoms with Crippen LogP contribution in [0.5, 0.6) is 0 Å². The number of nitrogens with one attached hydrogen (secondary N) is 1. The summed E-state index contributed by atoms with van der Waals surface area (Å²) in [5.74, 6) is 0.923. The molecule has 0 spiro atoms. The Balaban J connectivity index is 1.80. The summed E-state index contributed by atoms with van der Waals surface area (Å²) in [6.45, 7) is 7.50. The highest BCUT2D eigenvalue weighted by molar-refractivity contribution is 7.11. The molecule has 14 heavy (non-hydrogen) atoms. The normalized spacial score (nSPS) is 26.2. The zero-order valence-electron chi connectivity index (χ0n) is 9.13. The van der Waals surface area contributed by atoms with Crippen molar-refractivity contribution < 1.29 is 0 Å². The molecule has 0 radical (unpaired) electrons. The number of hydrogen-bond acceptors (Lipinski definition) is 3. The lowest BCUT2D eigenvalue weighted by atomic mass is 9.82. The Morgan fingerprint density at radius 2 is 2.14 bits per heavy atom. The fraction of sp³-hybridized carbons (Fsp3) is 0.727. The Bertz CT molecular complexity index is 294. The molecule has 1 N–H and O–H groups in total. The van der Waals surface area contributed by atoms with Crippen molar-refractivity contribution in [2.45, 2.75) is 46.2 Å². The molecule has 1 saturated carbocycles. The monoisotopic (exact) mass is 210 g/mol. The first kappa shape index (κ1) is 10.1. The fourth-order valence-corrected chi connectivity index (χ4v) is 2.80. The number of thiazole rings is 1. The highest BCUT2D eigenvalue weighted by atomic mass is 32.1. The number of hydrogen-bond donors (Lipinski definition) is 1. The van der Waals surface area contributed by atoms with Crippen molar-refractivity contribution in [1.82, 2.24) is 10.3 Å². The molecule has 1 aliphatic rings. The second-order valence-electron chi connectivity index (χ2n) is 4.40. The zero-order valence-corrected chi connectivity index (χ0v) is 9.95. The number of rotatable bonds is 3. The van der Waals surface area contributed by atoms with E-state index < -0.39 is 0 Å². The second-order valence-corrected chi connectivity index (χ2v) is 5.69. The summed E-state index contributed by atoms with van der Waals surface area (Å²) in [5.41, 5.74) is 1.19. The molecule has 1 heterocycles. The fourth-order valence-electron chi connectivity index (χ4n) is 1.92. The van der Waals surface area contributed by atoms with Gasteiger partial charge >= 0.3 is 0 Å². The van der Waals surface area contributed by atoms with Gasteiger partial charge in [-0.25, -0.2) is 4.98 Å². The SMILES string of the molecule is Cc1nc(CNC2CC(C)C2)sc1C. The molecule has 0 aliphatic heterocycles. The van der Waals surface area contributed by atoms with Crippen molar-refractivity contribution in [1.29, 1.82) is 0 Å². The van der Waals surface area contributed by atoms with E-state index in [1.54, 1.807) is 0 Å². The van der Waals surface area contributed by atoms with Crippen LogP contribution in [0.3, 0.4) is 0 Å². The van der Waals surface area contributed by atoms with Crippen LogP contribution in [-0.2, 0) is 6.54 Å². The van der Waals surface area contributed by atoms with E-state index in [1.165, 1.54) is 28.4 Å². The van der Waals surface area contributed by atoms with Gasteiger partial charge < -0.3 is 5.32 Å². The van der Waals surface area contributed by atoms with Crippen molar-refractivity contribution in [2.75, 3.05) is 0 Å². The molecule has 0 bridgehead atoms. The molecule has 0 aromatic carbocycles. The van der Waals surface area contributed by atoms with E-state index in [4.69, 9.17) is 0 Å². The van der Waals surface area contributed by atoms with Crippen LogP contribution in [0.25, 0.3) is 0 Å². The Hall–Kier alpha value is -0.410. The topological polar surface area (TPSA) is 24.9 Å². The Kier molecular flexibility index (Phi) is 2.88. The van der Waals surface area contributed by atoms with Crippen molar-refractivity contribution >= 4 is 11.3 Å². The number of nitrogens with zero attached hydrogens (tertiary/aromatic N) is 1. The van der Waals surface area contributed by atoms with Crippen LogP contribution in [0, 0.1) is 19.8 Å². The minimum Gasteiger partial charge on any atom is -0.308 e. The van der Waals surface area contributed by atoms with Gasteiger partial charge in [0, 0.05) is 17.5 Å². The van der Waals surface area contributed by atoms with Crippen LogP contribution in [0.15, 0.2) is 0 Å². The van der Waals surface area contributed by atoms with Crippen LogP contribution in [0.2, 0.25) is 0 Å². The predicted octanol–water partition coefficient (Wildman–Crippen LogP) is 2.65. The second kappa shape index (κ2) is 3.99. The van der Waals surface area contributed by atoms with Gasteiger partial charge in [-0.1, -0.05) is 6.92 Å². The van der Waals surface area contributed by atoms with Gasteiger partial charge in [-0.05, 0) is 32.6 Å². The predicted molar refractivity (Wildman–Crippen MR) is 60.6 cm³/mol. The highest BCUT2D eigenvalue weighted by Gasteiger charge is 2.24. The first-order chi connectivity index (χ1) is 6.65. The average Bonchev–Trinajstić information content (AvgIpc) is 2.39. The molecule has 0 amide bonds. The molecule has 0 atom stereocenters. The van der Waals surface area contributed by atoms with Crippen LogP contribution < -0.4 is 5.32 Å². The average molecular weight is 210 g/mol. The highest BCUT2D eigenvalue weighted by Crippen LogP contribution is 2.26. The summed E-state index contributed by atoms with van der Waals surface area (Å²) in [5, 5.41) is 4.79. The van der Waals surface area contributed by atoms with Gasteiger partial charge in [-0.2, -0.15) is 0 Å². The summed E-state index contributed by atoms with van der Waals surface area (Å²) >= 11 is 1.82. The van der Waals surface area contributed by atoms with E-state index in [2.05, 4.69) is 31.1 Å². The summed E-state index contributed by atoms with van der Waals surface area (Å²) < 4.78 is 0. The van der Waals surface area contributed by atoms with Gasteiger partial charge in [-0.3, -0.25) is 0 Å². The van der Waals surface area contributed by atoms with Crippen molar-refractivity contribution in [3.63, 3.8) is 0 Å². The summed E-state index contributed by atoms with van der Waals surface area (Å²) in [7, 11) is 0. The molecule has 78 valence electrons. The molecule has 1 aromatic heterocycles. The van der Waals surface area contributed by atoms with E-state index in [0.717, 1.165) is 18.5 Å². The molecular formula is C11H18N2S. The number of aryl methyl sites for hydroxylation is 2. The Morgan fingerprint density at radius 3 is 2.64 bits per heavy atom. The van der Waals surface area contributed by atoms with Crippen LogP contribution in [0.4, 0.5) is 0 Å². The summed E-state index contributed by atoms with van der Waals surface area (Å²) in [4.78, 5) is 5.87. The van der Waals surface area contributed by atoms with E-state index in [9.17, 15) is 0 Å². The lowest BCUT2D eigenvalue weighted by molar-refractivity contribution is 0.240. The van der Waals surface area contributed by atoms with Gasteiger partial charge in [0.05, 0.1) is 5.69 Å². The van der Waals surface area contributed by atoms with Crippen LogP contribution in [-0.4, -0.2) is 11.0 Å². The molecule has 0 saturated heterocycles. The molecule has 2 rings (SSSR count). The molecule has 1 fully saturated rings. The number of aromatic nitrogens is 1. The third-order valence-corrected chi connectivity index (χ3v) is 4.06. The molecule has 2 nitrogen and oxygen atoms in total. The smallest absolute Gasteiger partial charge is 0.107 e. The maximum Gasteiger partial charge on any atom is 0.107 e. The van der Waals surface area contributed by atoms with Crippen molar-refractivity contribution in [2.24, 2.45) is 5.92 Å². The standard InChI is InChI=1S/C11H18N2S/c1-7-4-10(5-7)12-6-11-13-8(2)9(3)14-11/h7,10,12H,4-6H2,1-3H3. The van der Waals surface area contributed by atoms with Gasteiger partial charge in [0.15, 0.2) is 0 Å². The van der Waals surface area contributed by atoms with E-state index in [-0.39, 0.29) is 0 Å². The lowest BCUT2D eigenvalue weighted by Crippen LogP contribution is -2.39. The lowest BCUT2D eigenvalue weighted by Gasteiger charge is -2.33. The Labute approximate surface area is 89.8 Å². The Morgan fingerprint density at radius 1 is 1.43 bits per heavy atom. The van der Waals surface area contributed by atoms with E-state index in [0.29, 0.717) is 0 Å². The maximum absolute atomic E-state index is 4.52. The summed E-state index contributed by atoms with van der Waals surface area (Å²) in [6.07, 6.45) is 2.67. The van der Waals surface area contributed by atoms with Crippen molar-refractivity contribution in [3.8, 4) is 0 Å². The minimum absolute atomic E-state index is 0.745. The molecule has 1 aromatic rings. The molecular weight excluding hydrogens is 192 g/mol. The van der Waals surface area contributed by atoms with Gasteiger partial charge in [0.25, 0.3) is 0 Å². The largest absolute Gasteiger partial charge is 0.308 e. The third kappa shape index (κ3) is 2.15. The van der Waals surface area contributed by atoms with Gasteiger partial charge in [0.2, 0.25) is 0 Å². The minimum atomic E-state index is 0.745. The first-order valence-electron chi connectivity index (χ1n) is 5.31.